The first-order valence-corrected chi connectivity index (χ1v) is 9.99. The number of phenols is 3. The molecule has 0 bridgehead atoms. The summed E-state index contributed by atoms with van der Waals surface area (Å²) >= 11 is 0. The Morgan fingerprint density at radius 1 is 0.706 bits per heavy atom. The molecule has 0 aliphatic heterocycles. The third-order valence-electron chi connectivity index (χ3n) is 4.64. The van der Waals surface area contributed by atoms with E-state index in [0.717, 1.165) is 12.1 Å². The van der Waals surface area contributed by atoms with Crippen molar-refractivity contribution in [1.82, 2.24) is 0 Å². The van der Waals surface area contributed by atoms with Crippen LogP contribution in [0.4, 0.5) is 0 Å². The molecule has 0 saturated carbocycles. The second-order valence-electron chi connectivity index (χ2n) is 7.31. The summed E-state index contributed by atoms with van der Waals surface area (Å²) in [5.41, 5.74) is -0.0508. The van der Waals surface area contributed by atoms with Crippen LogP contribution in [0.1, 0.15) is 53.2 Å². The number of aromatic hydroxyl groups is 3. The monoisotopic (exact) mass is 470 g/mol. The fourth-order valence-electron chi connectivity index (χ4n) is 3.12. The van der Waals surface area contributed by atoms with Crippen LogP contribution in [0.15, 0.2) is 48.5 Å². The van der Waals surface area contributed by atoms with Gasteiger partial charge in [-0.05, 0) is 51.1 Å². The maximum absolute atomic E-state index is 12.3. The van der Waals surface area contributed by atoms with Crippen LogP contribution in [-0.2, 0) is 0 Å². The van der Waals surface area contributed by atoms with Gasteiger partial charge in [0.1, 0.15) is 28.4 Å². The Labute approximate surface area is 194 Å². The molecule has 4 N–H and O–H groups in total. The number of Topliss-reactive ketones (excluding diaryl/α,β-unsaturated/α-hetero) is 2. The largest absolute Gasteiger partial charge is 0.508 e. The first kappa shape index (κ1) is 24.2. The van der Waals surface area contributed by atoms with Gasteiger partial charge in [0.2, 0.25) is 0 Å². The minimum absolute atomic E-state index is 0.0521. The maximum atomic E-state index is 12.3. The molecule has 0 fully saturated rings. The van der Waals surface area contributed by atoms with E-state index in [9.17, 15) is 30.0 Å². The van der Waals surface area contributed by atoms with Crippen molar-refractivity contribution in [2.24, 2.45) is 0 Å². The second-order valence-corrected chi connectivity index (χ2v) is 7.31. The summed E-state index contributed by atoms with van der Waals surface area (Å²) in [4.78, 5) is 45.2. The molecule has 0 saturated heterocycles. The maximum Gasteiger partial charge on any atom is 0.196 e. The van der Waals surface area contributed by atoms with E-state index in [1.54, 1.807) is 0 Å². The molecule has 0 aliphatic rings. The highest BCUT2D eigenvalue weighted by molar-refractivity contribution is 6.00. The number of hydrogen-bond donors (Lipinski definition) is 4. The lowest BCUT2D eigenvalue weighted by atomic mass is 10.1. The van der Waals surface area contributed by atoms with Crippen molar-refractivity contribution in [3.8, 4) is 40.2 Å². The van der Waals surface area contributed by atoms with Crippen LogP contribution in [0.2, 0.25) is 0 Å². The van der Waals surface area contributed by atoms with Gasteiger partial charge in [-0.1, -0.05) is 6.07 Å². The lowest BCUT2D eigenvalue weighted by Crippen LogP contribution is -2.11. The molecule has 0 spiro atoms. The van der Waals surface area contributed by atoms with E-state index < -0.39 is 23.4 Å². The summed E-state index contributed by atoms with van der Waals surface area (Å²) in [6.45, 7) is 3.91. The zero-order chi connectivity index (χ0) is 25.0. The summed E-state index contributed by atoms with van der Waals surface area (Å²) in [6, 6.07) is 10.3. The van der Waals surface area contributed by atoms with Crippen LogP contribution in [0.25, 0.3) is 0 Å². The van der Waals surface area contributed by atoms with E-state index in [2.05, 4.69) is 0 Å². The van der Waals surface area contributed by atoms with Crippen LogP contribution in [0.3, 0.4) is 0 Å². The van der Waals surface area contributed by atoms with E-state index in [1.807, 2.05) is 0 Å². The second kappa shape index (κ2) is 10.0. The van der Waals surface area contributed by atoms with Crippen LogP contribution in [-0.4, -0.2) is 32.0 Å². The van der Waals surface area contributed by atoms with Crippen molar-refractivity contribution in [2.45, 2.75) is 26.9 Å². The zero-order valence-electron chi connectivity index (χ0n) is 18.4. The first-order valence-electron chi connectivity index (χ1n) is 9.99. The van der Waals surface area contributed by atoms with Crippen LogP contribution < -0.4 is 19.6 Å². The summed E-state index contributed by atoms with van der Waals surface area (Å²) in [6.07, 6.45) is -0.977. The SMILES string of the molecule is CC(=O)c1c(O)cc(O)cc1OOc1cccc(OOc2ccc(O)cc2C(C)O)c1C(C)=O. The van der Waals surface area contributed by atoms with Crippen LogP contribution in [0, 0.1) is 0 Å². The predicted octanol–water partition coefficient (Wildman–Crippen LogP) is 4.01. The van der Waals surface area contributed by atoms with Gasteiger partial charge in [-0.25, -0.2) is 0 Å². The molecule has 3 aromatic carbocycles. The summed E-state index contributed by atoms with van der Waals surface area (Å²) < 4.78 is 0. The lowest BCUT2D eigenvalue weighted by Gasteiger charge is -2.16. The van der Waals surface area contributed by atoms with Crippen molar-refractivity contribution in [3.05, 3.63) is 65.2 Å². The Bertz CT molecular complexity index is 1230. The Kier molecular flexibility index (Phi) is 7.12. The highest BCUT2D eigenvalue weighted by atomic mass is 17.2. The Morgan fingerprint density at radius 2 is 1.26 bits per heavy atom. The van der Waals surface area contributed by atoms with Gasteiger partial charge in [0.15, 0.2) is 34.6 Å². The molecule has 34 heavy (non-hydrogen) atoms. The number of aliphatic hydroxyl groups excluding tert-OH is 1. The molecule has 0 radical (unpaired) electrons. The van der Waals surface area contributed by atoms with Crippen molar-refractivity contribution in [1.29, 1.82) is 0 Å². The zero-order valence-corrected chi connectivity index (χ0v) is 18.4. The molecule has 0 aliphatic carbocycles. The fraction of sp³-hybridized carbons (Fsp3) is 0.167. The van der Waals surface area contributed by atoms with E-state index in [-0.39, 0.29) is 51.2 Å². The number of rotatable bonds is 9. The van der Waals surface area contributed by atoms with Crippen LogP contribution >= 0.6 is 0 Å². The average molecular weight is 470 g/mol. The minimum Gasteiger partial charge on any atom is -0.508 e. The fourth-order valence-corrected chi connectivity index (χ4v) is 3.12. The van der Waals surface area contributed by atoms with Gasteiger partial charge in [0, 0.05) is 17.7 Å². The number of carbonyl (C=O) groups excluding carboxylic acids is 2. The normalized spacial score (nSPS) is 11.4. The third kappa shape index (κ3) is 5.30. The van der Waals surface area contributed by atoms with Gasteiger partial charge in [-0.3, -0.25) is 29.1 Å². The number of hydrogen-bond acceptors (Lipinski definition) is 10. The molecule has 0 aromatic heterocycles. The number of carbonyl (C=O) groups is 2. The molecule has 10 nitrogen and oxygen atoms in total. The quantitative estimate of drug-likeness (QED) is 0.205. The summed E-state index contributed by atoms with van der Waals surface area (Å²) in [5.74, 6) is -2.31. The smallest absolute Gasteiger partial charge is 0.196 e. The lowest BCUT2D eigenvalue weighted by molar-refractivity contribution is -0.109. The molecule has 3 aromatic rings. The Balaban J connectivity index is 1.89. The molecule has 178 valence electrons. The van der Waals surface area contributed by atoms with E-state index in [0.29, 0.717) is 0 Å². The minimum atomic E-state index is -0.977. The molecule has 10 heteroatoms. The van der Waals surface area contributed by atoms with Crippen molar-refractivity contribution >= 4 is 11.6 Å². The number of benzene rings is 3. The van der Waals surface area contributed by atoms with Crippen LogP contribution in [0.5, 0.6) is 40.2 Å². The molecule has 1 atom stereocenters. The Hall–Kier alpha value is -4.44. The molecule has 3 rings (SSSR count). The molecular formula is C24H22O10. The summed E-state index contributed by atoms with van der Waals surface area (Å²) in [7, 11) is 0. The van der Waals surface area contributed by atoms with Gasteiger partial charge < -0.3 is 20.4 Å². The third-order valence-corrected chi connectivity index (χ3v) is 4.64. The van der Waals surface area contributed by atoms with Crippen molar-refractivity contribution < 1.29 is 49.6 Å². The van der Waals surface area contributed by atoms with Gasteiger partial charge in [0.05, 0.1) is 6.10 Å². The van der Waals surface area contributed by atoms with Gasteiger partial charge in [0.25, 0.3) is 0 Å². The van der Waals surface area contributed by atoms with Gasteiger partial charge in [-0.15, -0.1) is 0 Å². The highest BCUT2D eigenvalue weighted by Gasteiger charge is 2.22. The van der Waals surface area contributed by atoms with Crippen molar-refractivity contribution in [2.75, 3.05) is 0 Å². The number of aliphatic hydroxyl groups is 1. The molecule has 0 heterocycles. The number of ketones is 2. The van der Waals surface area contributed by atoms with E-state index in [4.69, 9.17) is 19.6 Å². The molecular weight excluding hydrogens is 448 g/mol. The first-order chi connectivity index (χ1) is 16.1. The Morgan fingerprint density at radius 3 is 1.82 bits per heavy atom. The summed E-state index contributed by atoms with van der Waals surface area (Å²) in [5, 5.41) is 39.2. The molecule has 1 unspecified atom stereocenters. The van der Waals surface area contributed by atoms with Gasteiger partial charge in [-0.2, -0.15) is 0 Å². The van der Waals surface area contributed by atoms with E-state index >= 15 is 0 Å². The molecule has 0 amide bonds. The standard InChI is InChI=1S/C24H22O10/c1-12(25)17-9-15(28)7-8-19(17)31-32-20-5-4-6-21(24(20)14(3)27)33-34-22-11-16(29)10-18(30)23(22)13(2)26/h4-12,25,28-30H,1-3H3. The highest BCUT2D eigenvalue weighted by Crippen LogP contribution is 2.36. The number of phenolic OH excluding ortho intramolecular Hbond substituents is 3. The van der Waals surface area contributed by atoms with E-state index in [1.165, 1.54) is 57.2 Å². The average Bonchev–Trinajstić information content (AvgIpc) is 2.75. The topological polar surface area (TPSA) is 152 Å². The predicted molar refractivity (Wildman–Crippen MR) is 117 cm³/mol. The van der Waals surface area contributed by atoms with Crippen molar-refractivity contribution in [3.63, 3.8) is 0 Å². The van der Waals surface area contributed by atoms with Gasteiger partial charge >= 0.3 is 0 Å².